The Morgan fingerprint density at radius 1 is 0.867 bits per heavy atom. The molecule has 0 aromatic rings. The van der Waals surface area contributed by atoms with Crippen LogP contribution in [0.4, 0.5) is 0 Å². The minimum Gasteiger partial charge on any atom is -0.464 e. The molecule has 4 unspecified atom stereocenters. The highest BCUT2D eigenvalue weighted by molar-refractivity contribution is 6.38. The normalized spacial score (nSPS) is 23.4. The Bertz CT molecular complexity index is 1030. The molecule has 254 valence electrons. The number of Topliss-reactive ketones (excluding diaryl/α,β-unsaturated/α-hetero) is 1. The van der Waals surface area contributed by atoms with Crippen molar-refractivity contribution >= 4 is 41.3 Å². The topological polar surface area (TPSA) is 189 Å². The van der Waals surface area contributed by atoms with Gasteiger partial charge in [-0.1, -0.05) is 46.5 Å². The Balaban J connectivity index is 2.22. The predicted octanol–water partition coefficient (Wildman–Crippen LogP) is 1.57. The van der Waals surface area contributed by atoms with Gasteiger partial charge in [-0.05, 0) is 63.7 Å². The number of carbonyl (C=O) groups excluding carboxylic acids is 7. The summed E-state index contributed by atoms with van der Waals surface area (Å²) in [4.78, 5) is 90.0. The molecule has 0 bridgehead atoms. The SMILES string of the molecule is CCCOC(=O)CNC(=O)C(=O)C(CCC)NC(=O)C1CCCCNC(=O)CCCC(C)C(=O)NC(C2CCCCC2)C(=O)N1. The largest absolute Gasteiger partial charge is 0.464 e. The maximum absolute atomic E-state index is 13.8. The molecule has 1 saturated heterocycles. The van der Waals surface area contributed by atoms with Gasteiger partial charge in [0.05, 0.1) is 12.6 Å². The van der Waals surface area contributed by atoms with Gasteiger partial charge in [-0.2, -0.15) is 0 Å². The molecule has 2 fully saturated rings. The summed E-state index contributed by atoms with van der Waals surface area (Å²) in [6, 6.07) is -3.03. The van der Waals surface area contributed by atoms with Crippen LogP contribution in [0.3, 0.4) is 0 Å². The fourth-order valence-electron chi connectivity index (χ4n) is 5.67. The number of hydrogen-bond donors (Lipinski definition) is 5. The molecule has 45 heavy (non-hydrogen) atoms. The quantitative estimate of drug-likeness (QED) is 0.167. The third kappa shape index (κ3) is 13.6. The Labute approximate surface area is 266 Å². The lowest BCUT2D eigenvalue weighted by Gasteiger charge is -2.32. The van der Waals surface area contributed by atoms with E-state index >= 15 is 0 Å². The van der Waals surface area contributed by atoms with Crippen molar-refractivity contribution in [3.8, 4) is 0 Å². The fraction of sp³-hybridized carbons (Fsp3) is 0.781. The van der Waals surface area contributed by atoms with Gasteiger partial charge in [0.2, 0.25) is 29.4 Å². The van der Waals surface area contributed by atoms with Crippen LogP contribution in [-0.2, 0) is 38.3 Å². The van der Waals surface area contributed by atoms with E-state index in [0.29, 0.717) is 51.5 Å². The molecule has 2 aliphatic rings. The minimum absolute atomic E-state index is 0.0783. The number of rotatable bonds is 11. The zero-order valence-electron chi connectivity index (χ0n) is 27.2. The van der Waals surface area contributed by atoms with Crippen molar-refractivity contribution in [1.29, 1.82) is 0 Å². The Hall–Kier alpha value is -3.51. The summed E-state index contributed by atoms with van der Waals surface area (Å²) in [5, 5.41) is 13.5. The third-order valence-corrected chi connectivity index (χ3v) is 8.36. The molecule has 0 aromatic heterocycles. The van der Waals surface area contributed by atoms with Crippen LogP contribution in [0.25, 0.3) is 0 Å². The summed E-state index contributed by atoms with van der Waals surface area (Å²) in [5.41, 5.74) is 0. The molecular formula is C32H53N5O8. The first-order valence-electron chi connectivity index (χ1n) is 16.7. The van der Waals surface area contributed by atoms with E-state index in [1.54, 1.807) is 13.8 Å². The number of carbonyl (C=O) groups is 7. The molecule has 2 rings (SSSR count). The van der Waals surface area contributed by atoms with E-state index in [9.17, 15) is 33.6 Å². The second-order valence-electron chi connectivity index (χ2n) is 12.2. The predicted molar refractivity (Wildman–Crippen MR) is 166 cm³/mol. The van der Waals surface area contributed by atoms with Gasteiger partial charge in [0, 0.05) is 18.9 Å². The van der Waals surface area contributed by atoms with Gasteiger partial charge < -0.3 is 31.3 Å². The summed E-state index contributed by atoms with van der Waals surface area (Å²) in [6.45, 7) is 5.53. The first-order valence-corrected chi connectivity index (χ1v) is 16.7. The van der Waals surface area contributed by atoms with Crippen molar-refractivity contribution in [1.82, 2.24) is 26.6 Å². The standard InChI is InChI=1S/C32H53N5O8/c1-4-12-23(28(40)32(44)34-20-26(39)45-19-5-2)35-30(42)24-16-9-10-18-33-25(38)17-11-13-21(3)29(41)37-27(31(43)36-24)22-14-7-6-8-15-22/h21-24,27H,4-20H2,1-3H3,(H,33,38)(H,34,44)(H,35,42)(H,36,43)(H,37,41). The third-order valence-electron chi connectivity index (χ3n) is 8.36. The molecule has 0 aromatic carbocycles. The monoisotopic (exact) mass is 635 g/mol. The Kier molecular flexibility index (Phi) is 17.2. The lowest BCUT2D eigenvalue weighted by atomic mass is 9.83. The van der Waals surface area contributed by atoms with Crippen molar-refractivity contribution in [2.75, 3.05) is 19.7 Å². The molecule has 4 atom stereocenters. The van der Waals surface area contributed by atoms with Crippen LogP contribution in [0.1, 0.15) is 111 Å². The van der Waals surface area contributed by atoms with Crippen LogP contribution >= 0.6 is 0 Å². The molecule has 13 heteroatoms. The zero-order chi connectivity index (χ0) is 33.2. The molecule has 1 heterocycles. The highest BCUT2D eigenvalue weighted by Crippen LogP contribution is 2.27. The molecule has 1 aliphatic heterocycles. The van der Waals surface area contributed by atoms with Gasteiger partial charge in [0.25, 0.3) is 5.91 Å². The number of hydrogen-bond acceptors (Lipinski definition) is 8. The molecular weight excluding hydrogens is 582 g/mol. The van der Waals surface area contributed by atoms with Gasteiger partial charge in [-0.25, -0.2) is 0 Å². The average molecular weight is 636 g/mol. The average Bonchev–Trinajstić information content (AvgIpc) is 3.03. The van der Waals surface area contributed by atoms with Crippen LogP contribution in [0.15, 0.2) is 0 Å². The highest BCUT2D eigenvalue weighted by atomic mass is 16.5. The van der Waals surface area contributed by atoms with Crippen LogP contribution in [0.5, 0.6) is 0 Å². The van der Waals surface area contributed by atoms with Crippen LogP contribution in [0, 0.1) is 11.8 Å². The van der Waals surface area contributed by atoms with Gasteiger partial charge in [-0.3, -0.25) is 33.6 Å². The van der Waals surface area contributed by atoms with Crippen LogP contribution in [0.2, 0.25) is 0 Å². The van der Waals surface area contributed by atoms with Gasteiger partial charge in [-0.15, -0.1) is 0 Å². The number of esters is 1. The van der Waals surface area contributed by atoms with E-state index < -0.39 is 60.1 Å². The van der Waals surface area contributed by atoms with E-state index in [-0.39, 0.29) is 37.2 Å². The van der Waals surface area contributed by atoms with Gasteiger partial charge in [0.1, 0.15) is 18.6 Å². The first kappa shape index (κ1) is 37.7. The summed E-state index contributed by atoms with van der Waals surface area (Å²) < 4.78 is 4.92. The van der Waals surface area contributed by atoms with E-state index in [4.69, 9.17) is 4.74 Å². The van der Waals surface area contributed by atoms with Crippen molar-refractivity contribution in [3.63, 3.8) is 0 Å². The number of nitrogens with one attached hydrogen (secondary N) is 5. The van der Waals surface area contributed by atoms with Crippen molar-refractivity contribution in [2.45, 2.75) is 129 Å². The number of ether oxygens (including phenoxy) is 1. The maximum Gasteiger partial charge on any atom is 0.325 e. The van der Waals surface area contributed by atoms with Gasteiger partial charge in [0.15, 0.2) is 0 Å². The summed E-state index contributed by atoms with van der Waals surface area (Å²) in [7, 11) is 0. The second-order valence-corrected chi connectivity index (χ2v) is 12.2. The Morgan fingerprint density at radius 3 is 2.27 bits per heavy atom. The van der Waals surface area contributed by atoms with Gasteiger partial charge >= 0.3 is 5.97 Å². The summed E-state index contributed by atoms with van der Waals surface area (Å²) >= 11 is 0. The minimum atomic E-state index is -1.17. The van der Waals surface area contributed by atoms with E-state index in [1.165, 1.54) is 0 Å². The molecule has 5 N–H and O–H groups in total. The van der Waals surface area contributed by atoms with Crippen molar-refractivity contribution < 1.29 is 38.3 Å². The molecule has 13 nitrogen and oxygen atoms in total. The molecule has 1 aliphatic carbocycles. The highest BCUT2D eigenvalue weighted by Gasteiger charge is 2.35. The molecule has 0 radical (unpaired) electrons. The second kappa shape index (κ2) is 20.5. The summed E-state index contributed by atoms with van der Waals surface area (Å²) in [6.07, 6.45) is 8.40. The van der Waals surface area contributed by atoms with Crippen molar-refractivity contribution in [3.05, 3.63) is 0 Å². The smallest absolute Gasteiger partial charge is 0.325 e. The fourth-order valence-corrected chi connectivity index (χ4v) is 5.67. The van der Waals surface area contributed by atoms with Crippen molar-refractivity contribution in [2.24, 2.45) is 11.8 Å². The lowest BCUT2D eigenvalue weighted by Crippen LogP contribution is -2.58. The van der Waals surface area contributed by atoms with E-state index in [1.807, 2.05) is 6.92 Å². The van der Waals surface area contributed by atoms with Crippen LogP contribution < -0.4 is 26.6 Å². The number of amides is 5. The van der Waals surface area contributed by atoms with E-state index in [2.05, 4.69) is 26.6 Å². The first-order chi connectivity index (χ1) is 21.6. The number of ketones is 1. The summed E-state index contributed by atoms with van der Waals surface area (Å²) in [5.74, 6) is -4.53. The molecule has 1 saturated carbocycles. The molecule has 5 amide bonds. The molecule has 0 spiro atoms. The zero-order valence-corrected chi connectivity index (χ0v) is 27.2. The Morgan fingerprint density at radius 2 is 1.58 bits per heavy atom. The maximum atomic E-state index is 13.8. The lowest BCUT2D eigenvalue weighted by molar-refractivity contribution is -0.146. The van der Waals surface area contributed by atoms with E-state index in [0.717, 1.165) is 32.1 Å². The van der Waals surface area contributed by atoms with Crippen LogP contribution in [-0.4, -0.2) is 79.1 Å².